The Balaban J connectivity index is 2.10. The van der Waals surface area contributed by atoms with Crippen LogP contribution >= 0.6 is 0 Å². The average molecular weight is 253 g/mol. The van der Waals surface area contributed by atoms with Gasteiger partial charge < -0.3 is 4.55 Å². The van der Waals surface area contributed by atoms with E-state index in [1.807, 2.05) is 0 Å². The molecule has 0 aliphatic carbocycles. The van der Waals surface area contributed by atoms with Crippen LogP contribution in [-0.4, -0.2) is 36.8 Å². The van der Waals surface area contributed by atoms with Crippen molar-refractivity contribution in [1.29, 1.82) is 0 Å². The third kappa shape index (κ3) is 3.09. The van der Waals surface area contributed by atoms with Crippen molar-refractivity contribution in [2.75, 3.05) is 13.1 Å². The molecule has 1 fully saturated rings. The second-order valence-electron chi connectivity index (χ2n) is 3.76. The standard InChI is InChI=1S/C11H11FN2O2S/c12-11(6-8-14(9-11)17(15)16)5-4-10-3-1-2-7-13-10/h1-3,7H,6,8-9H2,(H,15,16)/p-1. The first-order valence-corrected chi connectivity index (χ1v) is 6.10. The summed E-state index contributed by atoms with van der Waals surface area (Å²) in [7, 11) is 0. The van der Waals surface area contributed by atoms with Crippen LogP contribution in [0.3, 0.4) is 0 Å². The smallest absolute Gasteiger partial charge is 0.186 e. The third-order valence-electron chi connectivity index (χ3n) is 2.47. The number of hydrogen-bond acceptors (Lipinski definition) is 3. The molecule has 6 heteroatoms. The zero-order valence-electron chi connectivity index (χ0n) is 8.93. The fourth-order valence-corrected chi connectivity index (χ4v) is 2.13. The lowest BCUT2D eigenvalue weighted by atomic mass is 10.1. The SMILES string of the molecule is O=S([O-])N1CCC(F)(C#Cc2ccccn2)C1. The molecule has 4 nitrogen and oxygen atoms in total. The van der Waals surface area contributed by atoms with Gasteiger partial charge in [0.05, 0.1) is 6.54 Å². The predicted octanol–water partition coefficient (Wildman–Crippen LogP) is 0.641. The van der Waals surface area contributed by atoms with E-state index in [4.69, 9.17) is 0 Å². The van der Waals surface area contributed by atoms with Gasteiger partial charge >= 0.3 is 0 Å². The van der Waals surface area contributed by atoms with Crippen LogP contribution in [0, 0.1) is 11.8 Å². The summed E-state index contributed by atoms with van der Waals surface area (Å²) in [5, 5.41) is 0. The van der Waals surface area contributed by atoms with Crippen LogP contribution in [0.4, 0.5) is 4.39 Å². The van der Waals surface area contributed by atoms with E-state index in [2.05, 4.69) is 16.8 Å². The molecule has 0 aromatic carbocycles. The number of pyridine rings is 1. The summed E-state index contributed by atoms with van der Waals surface area (Å²) in [4.78, 5) is 3.95. The molecule has 0 radical (unpaired) electrons. The van der Waals surface area contributed by atoms with E-state index in [0.717, 1.165) is 4.31 Å². The lowest BCUT2D eigenvalue weighted by Gasteiger charge is -2.18. The van der Waals surface area contributed by atoms with Crippen LogP contribution in [0.2, 0.25) is 0 Å². The Kier molecular flexibility index (Phi) is 3.52. The van der Waals surface area contributed by atoms with E-state index in [9.17, 15) is 13.2 Å². The summed E-state index contributed by atoms with van der Waals surface area (Å²) in [5.41, 5.74) is -1.29. The first-order valence-electron chi connectivity index (χ1n) is 5.06. The highest BCUT2D eigenvalue weighted by Gasteiger charge is 2.37. The summed E-state index contributed by atoms with van der Waals surface area (Å²) >= 11 is -2.38. The maximum absolute atomic E-state index is 14.1. The molecule has 0 bridgehead atoms. The number of hydrogen-bond donors (Lipinski definition) is 0. The Bertz CT molecular complexity index is 485. The molecule has 2 atom stereocenters. The van der Waals surface area contributed by atoms with Gasteiger partial charge in [-0.15, -0.1) is 0 Å². The van der Waals surface area contributed by atoms with Crippen molar-refractivity contribution in [2.24, 2.45) is 0 Å². The van der Waals surface area contributed by atoms with Crippen LogP contribution in [0.15, 0.2) is 24.4 Å². The van der Waals surface area contributed by atoms with Gasteiger partial charge in [0.2, 0.25) is 0 Å². The highest BCUT2D eigenvalue weighted by Crippen LogP contribution is 2.25. The molecule has 1 aromatic rings. The Labute approximate surface area is 101 Å². The number of halogens is 1. The molecule has 2 rings (SSSR count). The van der Waals surface area contributed by atoms with Gasteiger partial charge in [-0.2, -0.15) is 0 Å². The zero-order chi connectivity index (χ0) is 12.3. The molecule has 0 saturated carbocycles. The van der Waals surface area contributed by atoms with Crippen molar-refractivity contribution in [3.8, 4) is 11.8 Å². The maximum Gasteiger partial charge on any atom is 0.186 e. The van der Waals surface area contributed by atoms with E-state index >= 15 is 0 Å². The van der Waals surface area contributed by atoms with E-state index in [0.29, 0.717) is 5.69 Å². The van der Waals surface area contributed by atoms with Crippen LogP contribution in [-0.2, 0) is 11.3 Å². The number of nitrogens with zero attached hydrogens (tertiary/aromatic N) is 2. The van der Waals surface area contributed by atoms with E-state index in [1.54, 1.807) is 24.4 Å². The molecule has 0 spiro atoms. The van der Waals surface area contributed by atoms with E-state index < -0.39 is 16.9 Å². The summed E-state index contributed by atoms with van der Waals surface area (Å²) in [6, 6.07) is 5.18. The molecule has 90 valence electrons. The summed E-state index contributed by atoms with van der Waals surface area (Å²) < 4.78 is 36.5. The summed E-state index contributed by atoms with van der Waals surface area (Å²) in [6.07, 6.45) is 1.67. The maximum atomic E-state index is 14.1. The number of aromatic nitrogens is 1. The summed E-state index contributed by atoms with van der Waals surface area (Å²) in [6.45, 7) is -0.0353. The molecule has 2 unspecified atom stereocenters. The van der Waals surface area contributed by atoms with Crippen LogP contribution in [0.1, 0.15) is 12.1 Å². The van der Waals surface area contributed by atoms with Crippen molar-refractivity contribution in [2.45, 2.75) is 12.1 Å². The van der Waals surface area contributed by atoms with Crippen LogP contribution < -0.4 is 0 Å². The Morgan fingerprint density at radius 3 is 3.00 bits per heavy atom. The average Bonchev–Trinajstić information content (AvgIpc) is 2.72. The molecule has 1 saturated heterocycles. The predicted molar refractivity (Wildman–Crippen MR) is 60.1 cm³/mol. The Morgan fingerprint density at radius 2 is 2.41 bits per heavy atom. The van der Waals surface area contributed by atoms with Crippen LogP contribution in [0.5, 0.6) is 0 Å². The molecule has 0 N–H and O–H groups in total. The monoisotopic (exact) mass is 253 g/mol. The van der Waals surface area contributed by atoms with Gasteiger partial charge in [-0.05, 0) is 18.1 Å². The van der Waals surface area contributed by atoms with Gasteiger partial charge in [0.15, 0.2) is 5.67 Å². The molecule has 1 aliphatic rings. The van der Waals surface area contributed by atoms with Crippen molar-refractivity contribution in [3.63, 3.8) is 0 Å². The van der Waals surface area contributed by atoms with Gasteiger partial charge in [-0.1, -0.05) is 12.0 Å². The minimum Gasteiger partial charge on any atom is -0.760 e. The Morgan fingerprint density at radius 1 is 1.59 bits per heavy atom. The van der Waals surface area contributed by atoms with Gasteiger partial charge in [0.25, 0.3) is 0 Å². The highest BCUT2D eigenvalue weighted by molar-refractivity contribution is 7.76. The quantitative estimate of drug-likeness (QED) is 0.545. The second kappa shape index (κ2) is 4.92. The summed E-state index contributed by atoms with van der Waals surface area (Å²) in [5.74, 6) is 5.09. The molecule has 2 heterocycles. The Hall–Kier alpha value is -1.29. The topological polar surface area (TPSA) is 56.3 Å². The second-order valence-corrected chi connectivity index (χ2v) is 4.71. The fraction of sp³-hybridized carbons (Fsp3) is 0.364. The van der Waals surface area contributed by atoms with Gasteiger partial charge in [-0.25, -0.2) is 13.7 Å². The van der Waals surface area contributed by atoms with E-state index in [-0.39, 0.29) is 19.5 Å². The van der Waals surface area contributed by atoms with Crippen molar-refractivity contribution < 1.29 is 13.2 Å². The molecular formula is C11H10FN2O2S-. The normalized spacial score (nSPS) is 26.2. The lowest BCUT2D eigenvalue weighted by Crippen LogP contribution is -2.28. The third-order valence-corrected chi connectivity index (χ3v) is 3.21. The van der Waals surface area contributed by atoms with Gasteiger partial charge in [0, 0.05) is 30.4 Å². The van der Waals surface area contributed by atoms with Crippen molar-refractivity contribution in [1.82, 2.24) is 9.29 Å². The lowest BCUT2D eigenvalue weighted by molar-refractivity contribution is 0.258. The fourth-order valence-electron chi connectivity index (χ4n) is 1.58. The van der Waals surface area contributed by atoms with Gasteiger partial charge in [0.1, 0.15) is 5.69 Å². The van der Waals surface area contributed by atoms with Crippen LogP contribution in [0.25, 0.3) is 0 Å². The minimum atomic E-state index is -2.38. The molecule has 0 amide bonds. The highest BCUT2D eigenvalue weighted by atomic mass is 32.2. The first kappa shape index (κ1) is 12.2. The number of rotatable bonds is 1. The zero-order valence-corrected chi connectivity index (χ0v) is 9.74. The molecule has 1 aromatic heterocycles. The first-order chi connectivity index (χ1) is 8.09. The van der Waals surface area contributed by atoms with Crippen molar-refractivity contribution >= 4 is 11.3 Å². The largest absolute Gasteiger partial charge is 0.760 e. The minimum absolute atomic E-state index is 0.0980. The molecular weight excluding hydrogens is 243 g/mol. The number of alkyl halides is 1. The van der Waals surface area contributed by atoms with E-state index in [1.165, 1.54) is 0 Å². The van der Waals surface area contributed by atoms with Crippen molar-refractivity contribution in [3.05, 3.63) is 30.1 Å². The molecule has 1 aliphatic heterocycles. The molecule has 17 heavy (non-hydrogen) atoms. The van der Waals surface area contributed by atoms with Gasteiger partial charge in [-0.3, -0.25) is 4.21 Å².